The molecule has 0 aliphatic carbocycles. The molecule has 0 saturated heterocycles. The Bertz CT molecular complexity index is 885. The van der Waals surface area contributed by atoms with Crippen LogP contribution in [0.4, 0.5) is 0 Å². The summed E-state index contributed by atoms with van der Waals surface area (Å²) in [4.78, 5) is 26.7. The molecule has 1 atom stereocenters. The zero-order valence-electron chi connectivity index (χ0n) is 18.1. The highest BCUT2D eigenvalue weighted by atomic mass is 79.9. The lowest BCUT2D eigenvalue weighted by molar-refractivity contribution is -0.142. The second-order valence-electron chi connectivity index (χ2n) is 7.30. The lowest BCUT2D eigenvalue weighted by Crippen LogP contribution is -2.48. The second-order valence-corrected chi connectivity index (χ2v) is 8.15. The fraction of sp³-hybridized carbons (Fsp3) is 0.391. The molecule has 0 unspecified atom stereocenters. The van der Waals surface area contributed by atoms with Gasteiger partial charge in [-0.25, -0.2) is 0 Å². The topological polar surface area (TPSA) is 67.9 Å². The fourth-order valence-corrected chi connectivity index (χ4v) is 3.49. The highest BCUT2D eigenvalue weighted by molar-refractivity contribution is 9.10. The van der Waals surface area contributed by atoms with Gasteiger partial charge in [-0.05, 0) is 64.2 Å². The van der Waals surface area contributed by atoms with Gasteiger partial charge in [0.1, 0.15) is 17.5 Å². The number of hydrogen-bond donors (Lipinski definition) is 1. The maximum atomic E-state index is 13.0. The Morgan fingerprint density at radius 2 is 1.87 bits per heavy atom. The summed E-state index contributed by atoms with van der Waals surface area (Å²) in [5, 5.41) is 2.60. The molecule has 162 valence electrons. The minimum absolute atomic E-state index is 0.176. The number of nitrogens with zero attached hydrogens (tertiary/aromatic N) is 1. The van der Waals surface area contributed by atoms with Crippen LogP contribution in [-0.4, -0.2) is 43.5 Å². The third kappa shape index (κ3) is 6.23. The van der Waals surface area contributed by atoms with E-state index in [1.807, 2.05) is 42.5 Å². The van der Waals surface area contributed by atoms with E-state index in [1.165, 1.54) is 10.5 Å². The SMILES string of the molecule is CNC(=O)[C@@H](C)N(Cc1cccc(OC)c1)C(=O)COc1ccc(C(C)C)cc1Br. The zero-order valence-corrected chi connectivity index (χ0v) is 19.7. The van der Waals surface area contributed by atoms with Gasteiger partial charge in [0, 0.05) is 13.6 Å². The average molecular weight is 477 g/mol. The van der Waals surface area contributed by atoms with Gasteiger partial charge in [-0.3, -0.25) is 9.59 Å². The van der Waals surface area contributed by atoms with E-state index in [0.29, 0.717) is 17.4 Å². The summed E-state index contributed by atoms with van der Waals surface area (Å²) < 4.78 is 11.8. The van der Waals surface area contributed by atoms with Crippen LogP contribution in [0.1, 0.15) is 37.8 Å². The van der Waals surface area contributed by atoms with Crippen molar-refractivity contribution >= 4 is 27.7 Å². The minimum atomic E-state index is -0.649. The van der Waals surface area contributed by atoms with Crippen molar-refractivity contribution in [3.8, 4) is 11.5 Å². The van der Waals surface area contributed by atoms with Crippen LogP contribution < -0.4 is 14.8 Å². The van der Waals surface area contributed by atoms with E-state index >= 15 is 0 Å². The number of hydrogen-bond acceptors (Lipinski definition) is 4. The predicted octanol–water partition coefficient (Wildman–Crippen LogP) is 4.12. The molecular weight excluding hydrogens is 448 g/mol. The van der Waals surface area contributed by atoms with Crippen LogP contribution in [0, 0.1) is 0 Å². The quantitative estimate of drug-likeness (QED) is 0.590. The number of benzene rings is 2. The number of carbonyl (C=O) groups excluding carboxylic acids is 2. The Kier molecular flexibility index (Phi) is 8.72. The molecule has 0 heterocycles. The van der Waals surface area contributed by atoms with E-state index in [4.69, 9.17) is 9.47 Å². The summed E-state index contributed by atoms with van der Waals surface area (Å²) in [6, 6.07) is 12.6. The monoisotopic (exact) mass is 476 g/mol. The smallest absolute Gasteiger partial charge is 0.261 e. The molecule has 7 heteroatoms. The number of carbonyl (C=O) groups is 2. The normalized spacial score (nSPS) is 11.7. The van der Waals surface area contributed by atoms with Crippen LogP contribution in [-0.2, 0) is 16.1 Å². The van der Waals surface area contributed by atoms with Crippen molar-refractivity contribution in [2.24, 2.45) is 0 Å². The lowest BCUT2D eigenvalue weighted by atomic mass is 10.0. The van der Waals surface area contributed by atoms with Crippen LogP contribution in [0.15, 0.2) is 46.9 Å². The molecule has 0 bridgehead atoms. The lowest BCUT2D eigenvalue weighted by Gasteiger charge is -2.28. The Hall–Kier alpha value is -2.54. The van der Waals surface area contributed by atoms with E-state index in [-0.39, 0.29) is 25.0 Å². The van der Waals surface area contributed by atoms with Crippen molar-refractivity contribution in [3.05, 3.63) is 58.1 Å². The van der Waals surface area contributed by atoms with Crippen LogP contribution in [0.25, 0.3) is 0 Å². The van der Waals surface area contributed by atoms with E-state index in [1.54, 1.807) is 21.1 Å². The van der Waals surface area contributed by atoms with E-state index in [0.717, 1.165) is 10.0 Å². The summed E-state index contributed by atoms with van der Waals surface area (Å²) in [6.07, 6.45) is 0. The van der Waals surface area contributed by atoms with Crippen molar-refractivity contribution < 1.29 is 19.1 Å². The largest absolute Gasteiger partial charge is 0.497 e. The van der Waals surface area contributed by atoms with Crippen molar-refractivity contribution in [2.45, 2.75) is 39.3 Å². The summed E-state index contributed by atoms with van der Waals surface area (Å²) in [5.41, 5.74) is 2.04. The Balaban J connectivity index is 2.17. The number of ether oxygens (including phenoxy) is 2. The van der Waals surface area contributed by atoms with Crippen molar-refractivity contribution in [1.29, 1.82) is 0 Å². The molecule has 1 N–H and O–H groups in total. The molecule has 2 rings (SSSR count). The first-order chi connectivity index (χ1) is 14.3. The number of likely N-dealkylation sites (N-methyl/N-ethyl adjacent to an activating group) is 1. The summed E-state index contributed by atoms with van der Waals surface area (Å²) in [6.45, 7) is 6.02. The van der Waals surface area contributed by atoms with Crippen LogP contribution in [0.2, 0.25) is 0 Å². The predicted molar refractivity (Wildman–Crippen MR) is 121 cm³/mol. The summed E-state index contributed by atoms with van der Waals surface area (Å²) in [7, 11) is 3.14. The molecule has 6 nitrogen and oxygen atoms in total. The average Bonchev–Trinajstić information content (AvgIpc) is 2.75. The number of rotatable bonds is 9. The number of halogens is 1. The molecule has 0 radical (unpaired) electrons. The van der Waals surface area contributed by atoms with E-state index < -0.39 is 6.04 Å². The molecule has 0 saturated carbocycles. The molecule has 30 heavy (non-hydrogen) atoms. The first-order valence-electron chi connectivity index (χ1n) is 9.83. The molecule has 2 aromatic rings. The second kappa shape index (κ2) is 11.0. The van der Waals surface area contributed by atoms with Crippen molar-refractivity contribution in [1.82, 2.24) is 10.2 Å². The minimum Gasteiger partial charge on any atom is -0.497 e. The van der Waals surface area contributed by atoms with Crippen molar-refractivity contribution in [2.75, 3.05) is 20.8 Å². The molecule has 0 aliphatic heterocycles. The third-order valence-corrected chi connectivity index (χ3v) is 5.49. The third-order valence-electron chi connectivity index (χ3n) is 4.87. The van der Waals surface area contributed by atoms with Gasteiger partial charge in [-0.15, -0.1) is 0 Å². The summed E-state index contributed by atoms with van der Waals surface area (Å²) >= 11 is 3.51. The number of nitrogens with one attached hydrogen (secondary N) is 1. The van der Waals surface area contributed by atoms with Crippen LogP contribution in [0.5, 0.6) is 11.5 Å². The van der Waals surface area contributed by atoms with E-state index in [2.05, 4.69) is 35.1 Å². The standard InChI is InChI=1S/C23H29BrN2O4/c1-15(2)18-9-10-21(20(24)12-18)30-14-22(27)26(16(3)23(28)25-4)13-17-7-6-8-19(11-17)29-5/h6-12,15-16H,13-14H2,1-5H3,(H,25,28)/t16-/m1/s1. The summed E-state index contributed by atoms with van der Waals surface area (Å²) in [5.74, 6) is 1.14. The zero-order chi connectivity index (χ0) is 22.3. The van der Waals surface area contributed by atoms with Gasteiger partial charge in [0.25, 0.3) is 5.91 Å². The van der Waals surface area contributed by atoms with Gasteiger partial charge in [-0.1, -0.05) is 32.0 Å². The highest BCUT2D eigenvalue weighted by Gasteiger charge is 2.26. The van der Waals surface area contributed by atoms with Crippen LogP contribution in [0.3, 0.4) is 0 Å². The number of amides is 2. The van der Waals surface area contributed by atoms with Gasteiger partial charge in [0.05, 0.1) is 11.6 Å². The first kappa shape index (κ1) is 23.7. The molecular formula is C23H29BrN2O4. The maximum Gasteiger partial charge on any atom is 0.261 e. The Morgan fingerprint density at radius 3 is 2.47 bits per heavy atom. The molecule has 2 aromatic carbocycles. The maximum absolute atomic E-state index is 13.0. The molecule has 0 spiro atoms. The van der Waals surface area contributed by atoms with Gasteiger partial charge < -0.3 is 19.7 Å². The van der Waals surface area contributed by atoms with Gasteiger partial charge in [-0.2, -0.15) is 0 Å². The highest BCUT2D eigenvalue weighted by Crippen LogP contribution is 2.29. The van der Waals surface area contributed by atoms with E-state index in [9.17, 15) is 9.59 Å². The van der Waals surface area contributed by atoms with Crippen LogP contribution >= 0.6 is 15.9 Å². The Labute approximate surface area is 186 Å². The molecule has 2 amide bonds. The first-order valence-corrected chi connectivity index (χ1v) is 10.6. The fourth-order valence-electron chi connectivity index (χ4n) is 2.97. The molecule has 0 aliphatic rings. The van der Waals surface area contributed by atoms with Gasteiger partial charge >= 0.3 is 0 Å². The number of methoxy groups -OCH3 is 1. The van der Waals surface area contributed by atoms with Crippen molar-refractivity contribution in [3.63, 3.8) is 0 Å². The van der Waals surface area contributed by atoms with Gasteiger partial charge in [0.2, 0.25) is 5.91 Å². The Morgan fingerprint density at radius 1 is 1.13 bits per heavy atom. The molecule has 0 aromatic heterocycles. The molecule has 0 fully saturated rings. The van der Waals surface area contributed by atoms with Gasteiger partial charge in [0.15, 0.2) is 6.61 Å².